The van der Waals surface area contributed by atoms with Crippen LogP contribution in [0, 0.1) is 0 Å². The molecule has 0 aliphatic carbocycles. The van der Waals surface area contributed by atoms with Gasteiger partial charge in [0, 0.05) is 13.3 Å². The average Bonchev–Trinajstić information content (AvgIpc) is 2.18. The summed E-state index contributed by atoms with van der Waals surface area (Å²) in [4.78, 5) is 10.4. The van der Waals surface area contributed by atoms with Gasteiger partial charge in [-0.05, 0) is 0 Å². The molecule has 1 N–H and O–H groups in total. The molecule has 1 heterocycles. The van der Waals surface area contributed by atoms with E-state index in [1.807, 2.05) is 0 Å². The normalized spacial score (nSPS) is 24.3. The minimum absolute atomic E-state index is 0.219. The number of carbonyl (C=O) groups excluding carboxylic acids is 1. The second-order valence-electron chi connectivity index (χ2n) is 3.18. The maximum atomic E-state index is 10.4. The van der Waals surface area contributed by atoms with Gasteiger partial charge in [0.1, 0.15) is 6.10 Å². The lowest BCUT2D eigenvalue weighted by molar-refractivity contribution is -0.147. The SMILES string of the molecule is CC(=O)OCCC(O)C1COCCO1. The first kappa shape index (κ1) is 11.4. The van der Waals surface area contributed by atoms with E-state index < -0.39 is 6.10 Å². The van der Waals surface area contributed by atoms with E-state index in [1.165, 1.54) is 6.92 Å². The van der Waals surface area contributed by atoms with E-state index in [2.05, 4.69) is 0 Å². The van der Waals surface area contributed by atoms with Crippen molar-refractivity contribution in [3.05, 3.63) is 0 Å². The fourth-order valence-corrected chi connectivity index (χ4v) is 1.24. The van der Waals surface area contributed by atoms with Crippen molar-refractivity contribution in [2.45, 2.75) is 25.6 Å². The van der Waals surface area contributed by atoms with E-state index in [1.54, 1.807) is 0 Å². The van der Waals surface area contributed by atoms with Crippen molar-refractivity contribution in [2.24, 2.45) is 0 Å². The number of esters is 1. The van der Waals surface area contributed by atoms with Crippen LogP contribution in [0.2, 0.25) is 0 Å². The standard InChI is InChI=1S/C9H16O5/c1-7(10)13-3-2-8(11)9-6-12-4-5-14-9/h8-9,11H,2-6H2,1H3. The summed E-state index contributed by atoms with van der Waals surface area (Å²) in [6.07, 6.45) is -0.540. The molecule has 1 saturated heterocycles. The minimum Gasteiger partial charge on any atom is -0.466 e. The van der Waals surface area contributed by atoms with E-state index in [-0.39, 0.29) is 18.7 Å². The smallest absolute Gasteiger partial charge is 0.302 e. The second-order valence-corrected chi connectivity index (χ2v) is 3.18. The van der Waals surface area contributed by atoms with E-state index in [0.29, 0.717) is 26.2 Å². The van der Waals surface area contributed by atoms with Gasteiger partial charge in [-0.3, -0.25) is 4.79 Å². The van der Waals surface area contributed by atoms with Crippen LogP contribution in [-0.4, -0.2) is 49.7 Å². The maximum Gasteiger partial charge on any atom is 0.302 e. The van der Waals surface area contributed by atoms with Gasteiger partial charge >= 0.3 is 5.97 Å². The number of rotatable bonds is 4. The van der Waals surface area contributed by atoms with E-state index in [4.69, 9.17) is 14.2 Å². The Balaban J connectivity index is 2.13. The van der Waals surface area contributed by atoms with Crippen LogP contribution >= 0.6 is 0 Å². The molecule has 0 saturated carbocycles. The van der Waals surface area contributed by atoms with Crippen molar-refractivity contribution in [2.75, 3.05) is 26.4 Å². The zero-order chi connectivity index (χ0) is 10.4. The van der Waals surface area contributed by atoms with Crippen LogP contribution in [0.25, 0.3) is 0 Å². The van der Waals surface area contributed by atoms with Crippen LogP contribution in [0.15, 0.2) is 0 Å². The quantitative estimate of drug-likeness (QED) is 0.638. The van der Waals surface area contributed by atoms with E-state index >= 15 is 0 Å². The first-order valence-corrected chi connectivity index (χ1v) is 4.71. The molecule has 0 spiro atoms. The molecule has 1 rings (SSSR count). The largest absolute Gasteiger partial charge is 0.466 e. The molecule has 1 aliphatic rings. The Bertz CT molecular complexity index is 176. The Kier molecular flexibility index (Phi) is 4.86. The number of aliphatic hydroxyl groups excluding tert-OH is 1. The zero-order valence-corrected chi connectivity index (χ0v) is 8.27. The van der Waals surface area contributed by atoms with Crippen LogP contribution in [0.3, 0.4) is 0 Å². The zero-order valence-electron chi connectivity index (χ0n) is 8.27. The number of ether oxygens (including phenoxy) is 3. The fraction of sp³-hybridized carbons (Fsp3) is 0.889. The molecule has 0 aromatic carbocycles. The summed E-state index contributed by atoms with van der Waals surface area (Å²) in [6.45, 7) is 3.05. The van der Waals surface area contributed by atoms with Gasteiger partial charge in [0.15, 0.2) is 0 Å². The van der Waals surface area contributed by atoms with Gasteiger partial charge in [-0.25, -0.2) is 0 Å². The predicted molar refractivity (Wildman–Crippen MR) is 47.8 cm³/mol. The lowest BCUT2D eigenvalue weighted by Crippen LogP contribution is -2.39. The highest BCUT2D eigenvalue weighted by Gasteiger charge is 2.22. The molecule has 5 heteroatoms. The van der Waals surface area contributed by atoms with Gasteiger partial charge in [-0.2, -0.15) is 0 Å². The van der Waals surface area contributed by atoms with E-state index in [9.17, 15) is 9.90 Å². The van der Waals surface area contributed by atoms with Crippen LogP contribution in [0.5, 0.6) is 0 Å². The van der Waals surface area contributed by atoms with Crippen LogP contribution < -0.4 is 0 Å². The number of hydrogen-bond acceptors (Lipinski definition) is 5. The first-order valence-electron chi connectivity index (χ1n) is 4.71. The molecule has 2 unspecified atom stereocenters. The molecule has 5 nitrogen and oxygen atoms in total. The lowest BCUT2D eigenvalue weighted by Gasteiger charge is -2.26. The van der Waals surface area contributed by atoms with Crippen molar-refractivity contribution in [3.63, 3.8) is 0 Å². The minimum atomic E-state index is -0.630. The Hall–Kier alpha value is -0.650. The highest BCUT2D eigenvalue weighted by atomic mass is 16.6. The molecule has 82 valence electrons. The molecule has 14 heavy (non-hydrogen) atoms. The predicted octanol–water partition coefficient (Wildman–Crippen LogP) is -0.284. The molecule has 0 aromatic rings. The molecule has 0 aromatic heterocycles. The summed E-state index contributed by atoms with van der Waals surface area (Å²) in [5.41, 5.74) is 0. The lowest BCUT2D eigenvalue weighted by atomic mass is 10.1. The fourth-order valence-electron chi connectivity index (χ4n) is 1.24. The summed E-state index contributed by atoms with van der Waals surface area (Å²) in [6, 6.07) is 0. The third kappa shape index (κ3) is 4.04. The highest BCUT2D eigenvalue weighted by molar-refractivity contribution is 5.65. The van der Waals surface area contributed by atoms with Crippen molar-refractivity contribution in [1.82, 2.24) is 0 Å². The molecule has 2 atom stereocenters. The summed E-state index contributed by atoms with van der Waals surface area (Å²) in [5, 5.41) is 9.59. The molecule has 0 radical (unpaired) electrons. The van der Waals surface area contributed by atoms with E-state index in [0.717, 1.165) is 0 Å². The summed E-state index contributed by atoms with van der Waals surface area (Å²) in [5.74, 6) is -0.335. The number of hydrogen-bond donors (Lipinski definition) is 1. The van der Waals surface area contributed by atoms with Gasteiger partial charge in [0.25, 0.3) is 0 Å². The molecule has 0 amide bonds. The summed E-state index contributed by atoms with van der Waals surface area (Å²) >= 11 is 0. The third-order valence-corrected chi connectivity index (χ3v) is 1.99. The third-order valence-electron chi connectivity index (χ3n) is 1.99. The van der Waals surface area contributed by atoms with Crippen molar-refractivity contribution < 1.29 is 24.1 Å². The summed E-state index contributed by atoms with van der Waals surface area (Å²) < 4.78 is 15.1. The first-order chi connectivity index (χ1) is 6.70. The number of carbonyl (C=O) groups is 1. The van der Waals surface area contributed by atoms with Crippen LogP contribution in [-0.2, 0) is 19.0 Å². The van der Waals surface area contributed by atoms with Crippen molar-refractivity contribution >= 4 is 5.97 Å². The molecule has 0 bridgehead atoms. The van der Waals surface area contributed by atoms with Gasteiger partial charge in [-0.15, -0.1) is 0 Å². The van der Waals surface area contributed by atoms with Gasteiger partial charge in [0.05, 0.1) is 32.5 Å². The Labute approximate surface area is 82.9 Å². The average molecular weight is 204 g/mol. The van der Waals surface area contributed by atoms with Crippen LogP contribution in [0.4, 0.5) is 0 Å². The van der Waals surface area contributed by atoms with Gasteiger partial charge < -0.3 is 19.3 Å². The molecule has 1 fully saturated rings. The Morgan fingerprint density at radius 3 is 3.00 bits per heavy atom. The monoisotopic (exact) mass is 204 g/mol. The number of aliphatic hydroxyl groups is 1. The maximum absolute atomic E-state index is 10.4. The van der Waals surface area contributed by atoms with Crippen LogP contribution in [0.1, 0.15) is 13.3 Å². The molecular formula is C9H16O5. The second kappa shape index (κ2) is 5.95. The van der Waals surface area contributed by atoms with Gasteiger partial charge in [-0.1, -0.05) is 0 Å². The van der Waals surface area contributed by atoms with Crippen molar-refractivity contribution in [3.8, 4) is 0 Å². The molecular weight excluding hydrogens is 188 g/mol. The molecule has 1 aliphatic heterocycles. The Morgan fingerprint density at radius 1 is 1.64 bits per heavy atom. The van der Waals surface area contributed by atoms with Gasteiger partial charge in [0.2, 0.25) is 0 Å². The Morgan fingerprint density at radius 2 is 2.43 bits per heavy atom. The topological polar surface area (TPSA) is 65.0 Å². The highest BCUT2D eigenvalue weighted by Crippen LogP contribution is 2.08. The van der Waals surface area contributed by atoms with Crippen molar-refractivity contribution in [1.29, 1.82) is 0 Å². The summed E-state index contributed by atoms with van der Waals surface area (Å²) in [7, 11) is 0.